The summed E-state index contributed by atoms with van der Waals surface area (Å²) in [5.74, 6) is -1.38. The summed E-state index contributed by atoms with van der Waals surface area (Å²) in [4.78, 5) is 22.3. The maximum Gasteiger partial charge on any atom is 0.321 e. The van der Waals surface area contributed by atoms with Crippen LogP contribution in [0.4, 0.5) is 0 Å². The summed E-state index contributed by atoms with van der Waals surface area (Å²) < 4.78 is 5.04. The number of carboxylic acids is 1. The number of carboxylic acid groups (broad SMARTS) is 1. The summed E-state index contributed by atoms with van der Waals surface area (Å²) in [5.41, 5.74) is 2.39. The predicted octanol–water partition coefficient (Wildman–Crippen LogP) is 0.0293. The molecule has 104 valence electrons. The first-order valence-corrected chi connectivity index (χ1v) is 5.55. The van der Waals surface area contributed by atoms with E-state index in [-0.39, 0.29) is 17.7 Å². The van der Waals surface area contributed by atoms with Gasteiger partial charge in [0.05, 0.1) is 12.7 Å². The highest BCUT2D eigenvalue weighted by Gasteiger charge is 2.17. The largest absolute Gasteiger partial charge is 0.496 e. The molecule has 0 aliphatic rings. The van der Waals surface area contributed by atoms with Gasteiger partial charge in [-0.25, -0.2) is 5.48 Å². The molecule has 7 heteroatoms. The maximum atomic E-state index is 11.3. The molecule has 19 heavy (non-hydrogen) atoms. The lowest BCUT2D eigenvalue weighted by atomic mass is 10.0. The highest BCUT2D eigenvalue weighted by Crippen LogP contribution is 2.21. The number of carbonyl (C=O) groups is 2. The third kappa shape index (κ3) is 3.67. The van der Waals surface area contributed by atoms with Crippen LogP contribution in [-0.4, -0.2) is 42.4 Å². The quantitative estimate of drug-likeness (QED) is 0.428. The summed E-state index contributed by atoms with van der Waals surface area (Å²) >= 11 is 0. The minimum absolute atomic E-state index is 0.171. The second-order valence-corrected chi connectivity index (χ2v) is 3.86. The molecule has 0 saturated carbocycles. The predicted molar refractivity (Wildman–Crippen MR) is 66.4 cm³/mol. The Morgan fingerprint density at radius 1 is 1.42 bits per heavy atom. The lowest BCUT2D eigenvalue weighted by molar-refractivity contribution is -0.139. The molecule has 1 atom stereocenters. The molecule has 0 fully saturated rings. The van der Waals surface area contributed by atoms with Gasteiger partial charge >= 0.3 is 5.97 Å². The van der Waals surface area contributed by atoms with Crippen molar-refractivity contribution >= 4 is 11.9 Å². The smallest absolute Gasteiger partial charge is 0.321 e. The standard InChI is InChI=1S/C12H16N2O5/c1-13-9(12(16)17)5-7-3-4-8(11(15)14-18)10(6-7)19-2/h3-4,6,9,13,18H,5H2,1-2H3,(H,14,15)(H,16,17)/t9-/m0/s1. The van der Waals surface area contributed by atoms with Gasteiger partial charge in [0.15, 0.2) is 0 Å². The van der Waals surface area contributed by atoms with E-state index in [4.69, 9.17) is 15.1 Å². The zero-order chi connectivity index (χ0) is 14.4. The van der Waals surface area contributed by atoms with Crippen LogP contribution in [0.5, 0.6) is 5.75 Å². The fraction of sp³-hybridized carbons (Fsp3) is 0.333. The normalized spacial score (nSPS) is 11.7. The van der Waals surface area contributed by atoms with E-state index in [9.17, 15) is 9.59 Å². The highest BCUT2D eigenvalue weighted by molar-refractivity contribution is 5.96. The van der Waals surface area contributed by atoms with E-state index in [0.717, 1.165) is 0 Å². The lowest BCUT2D eigenvalue weighted by Crippen LogP contribution is -2.35. The summed E-state index contributed by atoms with van der Waals surface area (Å²) in [6.07, 6.45) is 0.253. The number of carbonyl (C=O) groups excluding carboxylic acids is 1. The number of methoxy groups -OCH3 is 1. The van der Waals surface area contributed by atoms with Crippen LogP contribution in [0, 0.1) is 0 Å². The van der Waals surface area contributed by atoms with Crippen LogP contribution in [-0.2, 0) is 11.2 Å². The molecule has 4 N–H and O–H groups in total. The van der Waals surface area contributed by atoms with Crippen molar-refractivity contribution in [3.05, 3.63) is 29.3 Å². The van der Waals surface area contributed by atoms with Gasteiger partial charge in [-0.15, -0.1) is 0 Å². The average Bonchev–Trinajstić information content (AvgIpc) is 2.43. The molecule has 0 bridgehead atoms. The Morgan fingerprint density at radius 2 is 2.11 bits per heavy atom. The van der Waals surface area contributed by atoms with Crippen LogP contribution in [0.25, 0.3) is 0 Å². The molecule has 0 aliphatic heterocycles. The molecule has 1 rings (SSSR count). The van der Waals surface area contributed by atoms with Crippen molar-refractivity contribution < 1.29 is 24.6 Å². The van der Waals surface area contributed by atoms with Crippen molar-refractivity contribution in [3.8, 4) is 5.75 Å². The van der Waals surface area contributed by atoms with Crippen LogP contribution in [0.1, 0.15) is 15.9 Å². The molecule has 1 amide bonds. The number of amides is 1. The monoisotopic (exact) mass is 268 g/mol. The Balaban J connectivity index is 3.00. The number of rotatable bonds is 6. The third-order valence-electron chi connectivity index (χ3n) is 2.70. The average molecular weight is 268 g/mol. The van der Waals surface area contributed by atoms with Crippen molar-refractivity contribution in [2.24, 2.45) is 0 Å². The Bertz CT molecular complexity index is 475. The minimum Gasteiger partial charge on any atom is -0.496 e. The first kappa shape index (κ1) is 14.9. The van der Waals surface area contributed by atoms with Crippen LogP contribution >= 0.6 is 0 Å². The Hall–Kier alpha value is -2.12. The second kappa shape index (κ2) is 6.72. The van der Waals surface area contributed by atoms with Gasteiger partial charge in [0.25, 0.3) is 5.91 Å². The number of hydroxylamine groups is 1. The van der Waals surface area contributed by atoms with Gasteiger partial charge < -0.3 is 15.2 Å². The number of aliphatic carboxylic acids is 1. The Morgan fingerprint density at radius 3 is 2.58 bits per heavy atom. The number of ether oxygens (including phenoxy) is 1. The molecule has 1 aromatic rings. The molecule has 0 aromatic heterocycles. The van der Waals surface area contributed by atoms with E-state index < -0.39 is 17.9 Å². The van der Waals surface area contributed by atoms with Crippen LogP contribution in [0.15, 0.2) is 18.2 Å². The van der Waals surface area contributed by atoms with E-state index in [1.165, 1.54) is 18.7 Å². The molecule has 1 aromatic carbocycles. The zero-order valence-corrected chi connectivity index (χ0v) is 10.6. The van der Waals surface area contributed by atoms with Crippen LogP contribution in [0.2, 0.25) is 0 Å². The van der Waals surface area contributed by atoms with Crippen molar-refractivity contribution in [2.45, 2.75) is 12.5 Å². The van der Waals surface area contributed by atoms with Gasteiger partial charge in [-0.1, -0.05) is 6.07 Å². The van der Waals surface area contributed by atoms with Crippen LogP contribution in [0.3, 0.4) is 0 Å². The van der Waals surface area contributed by atoms with Gasteiger partial charge in [0.1, 0.15) is 11.8 Å². The number of hydrogen-bond donors (Lipinski definition) is 4. The number of hydrogen-bond acceptors (Lipinski definition) is 5. The molecular formula is C12H16N2O5. The minimum atomic E-state index is -0.960. The summed E-state index contributed by atoms with van der Waals surface area (Å²) in [5, 5.41) is 20.2. The lowest BCUT2D eigenvalue weighted by Gasteiger charge is -2.13. The fourth-order valence-electron chi connectivity index (χ4n) is 1.66. The highest BCUT2D eigenvalue weighted by atomic mass is 16.5. The van der Waals surface area contributed by atoms with Gasteiger partial charge in [-0.3, -0.25) is 14.8 Å². The first-order chi connectivity index (χ1) is 9.03. The second-order valence-electron chi connectivity index (χ2n) is 3.86. The first-order valence-electron chi connectivity index (χ1n) is 5.55. The summed E-state index contributed by atoms with van der Waals surface area (Å²) in [6, 6.07) is 3.93. The Labute approximate surface area is 110 Å². The summed E-state index contributed by atoms with van der Waals surface area (Å²) in [6.45, 7) is 0. The van der Waals surface area contributed by atoms with Gasteiger partial charge in [-0.2, -0.15) is 0 Å². The van der Waals surface area contributed by atoms with Gasteiger partial charge in [0.2, 0.25) is 0 Å². The Kier molecular flexibility index (Phi) is 5.28. The van der Waals surface area contributed by atoms with Crippen molar-refractivity contribution in [1.29, 1.82) is 0 Å². The molecule has 0 heterocycles. The molecule has 0 radical (unpaired) electrons. The molecule has 0 spiro atoms. The fourth-order valence-corrected chi connectivity index (χ4v) is 1.66. The van der Waals surface area contributed by atoms with E-state index >= 15 is 0 Å². The van der Waals surface area contributed by atoms with Crippen LogP contribution < -0.4 is 15.5 Å². The van der Waals surface area contributed by atoms with E-state index in [2.05, 4.69) is 5.32 Å². The number of nitrogens with one attached hydrogen (secondary N) is 2. The molecule has 0 unspecified atom stereocenters. The van der Waals surface area contributed by atoms with Crippen molar-refractivity contribution in [2.75, 3.05) is 14.2 Å². The van der Waals surface area contributed by atoms with E-state index in [1.807, 2.05) is 0 Å². The summed E-state index contributed by atoms with van der Waals surface area (Å²) in [7, 11) is 2.95. The molecular weight excluding hydrogens is 252 g/mol. The third-order valence-corrected chi connectivity index (χ3v) is 2.70. The molecule has 7 nitrogen and oxygen atoms in total. The number of benzene rings is 1. The topological polar surface area (TPSA) is 108 Å². The van der Waals surface area contributed by atoms with Crippen molar-refractivity contribution in [3.63, 3.8) is 0 Å². The zero-order valence-electron chi connectivity index (χ0n) is 10.6. The van der Waals surface area contributed by atoms with Gasteiger partial charge in [-0.05, 0) is 31.2 Å². The molecule has 0 saturated heterocycles. The molecule has 0 aliphatic carbocycles. The SMILES string of the molecule is CN[C@@H](Cc1ccc(C(=O)NO)c(OC)c1)C(=O)O. The van der Waals surface area contributed by atoms with E-state index in [0.29, 0.717) is 5.56 Å². The van der Waals surface area contributed by atoms with Gasteiger partial charge in [0, 0.05) is 0 Å². The maximum absolute atomic E-state index is 11.3. The number of likely N-dealkylation sites (N-methyl/N-ethyl adjacent to an activating group) is 1. The van der Waals surface area contributed by atoms with Crippen molar-refractivity contribution in [1.82, 2.24) is 10.8 Å². The van der Waals surface area contributed by atoms with E-state index in [1.54, 1.807) is 19.2 Å².